The van der Waals surface area contributed by atoms with Crippen LogP contribution in [0.5, 0.6) is 0 Å². The molecule has 0 bridgehead atoms. The minimum absolute atomic E-state index is 0.0753. The summed E-state index contributed by atoms with van der Waals surface area (Å²) in [6, 6.07) is 9.87. The van der Waals surface area contributed by atoms with Crippen LogP contribution in [0.4, 0.5) is 0 Å². The summed E-state index contributed by atoms with van der Waals surface area (Å²) in [6.45, 7) is 6.42. The number of hydrogen-bond acceptors (Lipinski definition) is 2. The van der Waals surface area contributed by atoms with Gasteiger partial charge in [0.1, 0.15) is 0 Å². The molecule has 116 valence electrons. The molecule has 0 heterocycles. The minimum atomic E-state index is -0.252. The Kier molecular flexibility index (Phi) is 5.04. The number of nitrogens with one attached hydrogen (secondary N) is 1. The van der Waals surface area contributed by atoms with E-state index >= 15 is 0 Å². The van der Waals surface area contributed by atoms with Crippen LogP contribution >= 0.6 is 0 Å². The van der Waals surface area contributed by atoms with Gasteiger partial charge in [0.05, 0.1) is 5.92 Å². The average molecular weight is 288 g/mol. The Bertz CT molecular complexity index is 469. The summed E-state index contributed by atoms with van der Waals surface area (Å²) in [5, 5.41) is 3.24. The molecule has 1 aliphatic rings. The highest BCUT2D eigenvalue weighted by molar-refractivity contribution is 5.79. The number of carbonyl (C=O) groups is 1. The number of carbonyl (C=O) groups excluding carboxylic acids is 1. The van der Waals surface area contributed by atoms with Gasteiger partial charge in [0, 0.05) is 12.1 Å². The molecular weight excluding hydrogens is 260 g/mol. The normalized spacial score (nSPS) is 24.1. The Labute approximate surface area is 128 Å². The highest BCUT2D eigenvalue weighted by Crippen LogP contribution is 2.35. The third kappa shape index (κ3) is 3.85. The first-order valence-corrected chi connectivity index (χ1v) is 8.03. The topological polar surface area (TPSA) is 55.1 Å². The first-order valence-electron chi connectivity index (χ1n) is 8.03. The highest BCUT2D eigenvalue weighted by atomic mass is 16.2. The van der Waals surface area contributed by atoms with E-state index in [0.717, 1.165) is 12.0 Å². The fourth-order valence-electron chi connectivity index (χ4n) is 3.19. The van der Waals surface area contributed by atoms with Gasteiger partial charge in [-0.15, -0.1) is 0 Å². The third-order valence-corrected chi connectivity index (χ3v) is 4.96. The van der Waals surface area contributed by atoms with E-state index in [-0.39, 0.29) is 29.3 Å². The van der Waals surface area contributed by atoms with Gasteiger partial charge in [0.15, 0.2) is 0 Å². The number of rotatable bonds is 4. The van der Waals surface area contributed by atoms with Crippen molar-refractivity contribution in [1.29, 1.82) is 0 Å². The lowest BCUT2D eigenvalue weighted by atomic mass is 9.73. The van der Waals surface area contributed by atoms with Crippen LogP contribution in [-0.2, 0) is 4.79 Å². The van der Waals surface area contributed by atoms with Crippen LogP contribution in [0.3, 0.4) is 0 Å². The lowest BCUT2D eigenvalue weighted by molar-refractivity contribution is -0.127. The first kappa shape index (κ1) is 16.0. The molecule has 1 aromatic rings. The van der Waals surface area contributed by atoms with Crippen molar-refractivity contribution in [2.24, 2.45) is 17.1 Å². The Hall–Kier alpha value is -1.35. The number of benzene rings is 1. The van der Waals surface area contributed by atoms with E-state index in [0.29, 0.717) is 0 Å². The molecule has 0 radical (unpaired) electrons. The molecule has 3 atom stereocenters. The molecule has 1 fully saturated rings. The van der Waals surface area contributed by atoms with Crippen molar-refractivity contribution in [2.45, 2.75) is 58.5 Å². The molecule has 1 saturated carbocycles. The maximum absolute atomic E-state index is 12.5. The number of amides is 1. The second kappa shape index (κ2) is 6.61. The van der Waals surface area contributed by atoms with E-state index < -0.39 is 0 Å². The van der Waals surface area contributed by atoms with E-state index in [1.54, 1.807) is 0 Å². The summed E-state index contributed by atoms with van der Waals surface area (Å²) in [5.74, 6) is -0.142. The second-order valence-electron chi connectivity index (χ2n) is 7.02. The number of hydrogen-bond donors (Lipinski definition) is 2. The molecule has 21 heavy (non-hydrogen) atoms. The van der Waals surface area contributed by atoms with Gasteiger partial charge in [-0.25, -0.2) is 0 Å². The predicted octanol–water partition coefficient (Wildman–Crippen LogP) is 3.41. The van der Waals surface area contributed by atoms with E-state index in [4.69, 9.17) is 5.73 Å². The Morgan fingerprint density at radius 2 is 1.95 bits per heavy atom. The molecule has 3 N–H and O–H groups in total. The van der Waals surface area contributed by atoms with Crippen LogP contribution < -0.4 is 11.1 Å². The summed E-state index contributed by atoms with van der Waals surface area (Å²) >= 11 is 0. The fourth-order valence-corrected chi connectivity index (χ4v) is 3.19. The molecule has 1 aromatic carbocycles. The number of nitrogens with two attached hydrogens (primary N) is 1. The second-order valence-corrected chi connectivity index (χ2v) is 7.02. The summed E-state index contributed by atoms with van der Waals surface area (Å²) in [4.78, 5) is 12.5. The molecular formula is C18H28N2O. The molecule has 1 amide bonds. The Morgan fingerprint density at radius 1 is 1.29 bits per heavy atom. The molecule has 3 unspecified atom stereocenters. The minimum Gasteiger partial charge on any atom is -0.353 e. The molecule has 0 aromatic heterocycles. The van der Waals surface area contributed by atoms with Crippen LogP contribution in [0.15, 0.2) is 30.3 Å². The van der Waals surface area contributed by atoms with Gasteiger partial charge < -0.3 is 11.1 Å². The van der Waals surface area contributed by atoms with Crippen molar-refractivity contribution in [2.75, 3.05) is 0 Å². The summed E-state index contributed by atoms with van der Waals surface area (Å²) in [7, 11) is 0. The van der Waals surface area contributed by atoms with Gasteiger partial charge in [-0.2, -0.15) is 0 Å². The summed E-state index contributed by atoms with van der Waals surface area (Å²) in [5.41, 5.74) is 7.45. The van der Waals surface area contributed by atoms with Crippen molar-refractivity contribution < 1.29 is 4.79 Å². The Morgan fingerprint density at radius 3 is 2.57 bits per heavy atom. The van der Waals surface area contributed by atoms with Gasteiger partial charge in [-0.3, -0.25) is 4.79 Å². The van der Waals surface area contributed by atoms with Crippen LogP contribution in [0.1, 0.15) is 58.1 Å². The van der Waals surface area contributed by atoms with Crippen molar-refractivity contribution >= 4 is 5.91 Å². The zero-order chi connectivity index (χ0) is 15.5. The highest BCUT2D eigenvalue weighted by Gasteiger charge is 2.34. The van der Waals surface area contributed by atoms with E-state index in [9.17, 15) is 4.79 Å². The average Bonchev–Trinajstić information content (AvgIpc) is 2.48. The van der Waals surface area contributed by atoms with Gasteiger partial charge in [-0.05, 0) is 23.8 Å². The van der Waals surface area contributed by atoms with Crippen LogP contribution in [-0.4, -0.2) is 11.9 Å². The summed E-state index contributed by atoms with van der Waals surface area (Å²) < 4.78 is 0. The standard InChI is InChI=1S/C18H28N2O/c1-13(16(19)14-9-5-4-6-10-14)17(21)20-15-11-7-8-12-18(15,2)3/h4-6,9-10,13,15-16H,7-8,11-12,19H2,1-3H3,(H,20,21). The van der Waals surface area contributed by atoms with Crippen molar-refractivity contribution in [3.8, 4) is 0 Å². The molecule has 2 rings (SSSR count). The Balaban J connectivity index is 1.99. The lowest BCUT2D eigenvalue weighted by Gasteiger charge is -2.39. The SMILES string of the molecule is CC(C(=O)NC1CCCCC1(C)C)C(N)c1ccccc1. The van der Waals surface area contributed by atoms with Crippen LogP contribution in [0, 0.1) is 11.3 Å². The van der Waals surface area contributed by atoms with Gasteiger partial charge in [-0.1, -0.05) is 63.9 Å². The van der Waals surface area contributed by atoms with Crippen molar-refractivity contribution in [3.63, 3.8) is 0 Å². The van der Waals surface area contributed by atoms with Crippen LogP contribution in [0.25, 0.3) is 0 Å². The van der Waals surface area contributed by atoms with E-state index in [1.807, 2.05) is 37.3 Å². The monoisotopic (exact) mass is 288 g/mol. The van der Waals surface area contributed by atoms with Crippen molar-refractivity contribution in [3.05, 3.63) is 35.9 Å². The predicted molar refractivity (Wildman–Crippen MR) is 86.7 cm³/mol. The molecule has 3 nitrogen and oxygen atoms in total. The lowest BCUT2D eigenvalue weighted by Crippen LogP contribution is -2.49. The quantitative estimate of drug-likeness (QED) is 0.892. The molecule has 1 aliphatic carbocycles. The van der Waals surface area contributed by atoms with Crippen LogP contribution in [0.2, 0.25) is 0 Å². The molecule has 0 spiro atoms. The first-order chi connectivity index (χ1) is 9.92. The zero-order valence-electron chi connectivity index (χ0n) is 13.4. The smallest absolute Gasteiger partial charge is 0.224 e. The molecule has 3 heteroatoms. The van der Waals surface area contributed by atoms with E-state index in [2.05, 4.69) is 19.2 Å². The molecule has 0 aliphatic heterocycles. The maximum atomic E-state index is 12.5. The molecule has 0 saturated heterocycles. The maximum Gasteiger partial charge on any atom is 0.224 e. The van der Waals surface area contributed by atoms with Gasteiger partial charge >= 0.3 is 0 Å². The van der Waals surface area contributed by atoms with Gasteiger partial charge in [0.25, 0.3) is 0 Å². The fraction of sp³-hybridized carbons (Fsp3) is 0.611. The largest absolute Gasteiger partial charge is 0.353 e. The van der Waals surface area contributed by atoms with Crippen molar-refractivity contribution in [1.82, 2.24) is 5.32 Å². The van der Waals surface area contributed by atoms with Gasteiger partial charge in [0.2, 0.25) is 5.91 Å². The summed E-state index contributed by atoms with van der Waals surface area (Å²) in [6.07, 6.45) is 4.72. The zero-order valence-corrected chi connectivity index (χ0v) is 13.4. The van der Waals surface area contributed by atoms with E-state index in [1.165, 1.54) is 19.3 Å². The third-order valence-electron chi connectivity index (χ3n) is 4.96.